The third-order valence-electron chi connectivity index (χ3n) is 5.79. The molecule has 2 aliphatic rings. The van der Waals surface area contributed by atoms with Gasteiger partial charge in [-0.2, -0.15) is 5.10 Å². The van der Waals surface area contributed by atoms with Crippen LogP contribution in [0.25, 0.3) is 0 Å². The third kappa shape index (κ3) is 4.22. The van der Waals surface area contributed by atoms with Crippen LogP contribution < -0.4 is 10.3 Å². The van der Waals surface area contributed by atoms with E-state index in [1.165, 1.54) is 0 Å². The van der Waals surface area contributed by atoms with Gasteiger partial charge < -0.3 is 10.2 Å². The monoisotopic (exact) mass is 404 g/mol. The highest BCUT2D eigenvalue weighted by Gasteiger charge is 2.36. The van der Waals surface area contributed by atoms with Crippen LogP contribution in [-0.2, 0) is 9.59 Å². The summed E-state index contributed by atoms with van der Waals surface area (Å²) < 4.78 is 0. The number of rotatable bonds is 5. The summed E-state index contributed by atoms with van der Waals surface area (Å²) >= 11 is 0. The molecule has 2 aromatic carbocycles. The molecule has 2 unspecified atom stereocenters. The molecular formula is C24H28N4O2. The minimum atomic E-state index is -0.139. The van der Waals surface area contributed by atoms with Gasteiger partial charge in [0.05, 0.1) is 17.6 Å². The highest BCUT2D eigenvalue weighted by Crippen LogP contribution is 2.35. The van der Waals surface area contributed by atoms with Crippen LogP contribution in [-0.4, -0.2) is 42.1 Å². The summed E-state index contributed by atoms with van der Waals surface area (Å²) in [5.41, 5.74) is 2.66. The summed E-state index contributed by atoms with van der Waals surface area (Å²) in [5, 5.41) is 9.59. The molecule has 1 fully saturated rings. The maximum atomic E-state index is 13.3. The van der Waals surface area contributed by atoms with Gasteiger partial charge in [-0.25, -0.2) is 0 Å². The zero-order valence-electron chi connectivity index (χ0n) is 17.3. The third-order valence-corrected chi connectivity index (χ3v) is 5.79. The van der Waals surface area contributed by atoms with E-state index in [2.05, 4.69) is 17.4 Å². The average Bonchev–Trinajstić information content (AvgIpc) is 3.25. The molecule has 2 amide bonds. The number of carbonyl (C=O) groups is 2. The Kier molecular flexibility index (Phi) is 6.12. The van der Waals surface area contributed by atoms with Gasteiger partial charge in [-0.1, -0.05) is 48.5 Å². The Bertz CT molecular complexity index is 913. The topological polar surface area (TPSA) is 65.0 Å². The average molecular weight is 405 g/mol. The van der Waals surface area contributed by atoms with Gasteiger partial charge in [-0.05, 0) is 37.5 Å². The van der Waals surface area contributed by atoms with E-state index in [0.29, 0.717) is 31.8 Å². The highest BCUT2D eigenvalue weighted by atomic mass is 16.2. The molecule has 0 aliphatic carbocycles. The highest BCUT2D eigenvalue weighted by molar-refractivity contribution is 6.39. The van der Waals surface area contributed by atoms with E-state index in [1.807, 2.05) is 60.5 Å². The van der Waals surface area contributed by atoms with Crippen molar-refractivity contribution in [3.63, 3.8) is 0 Å². The van der Waals surface area contributed by atoms with Gasteiger partial charge in [0, 0.05) is 26.1 Å². The summed E-state index contributed by atoms with van der Waals surface area (Å²) in [5.74, 6) is -0.153. The summed E-state index contributed by atoms with van der Waals surface area (Å²) in [6.07, 6.45) is 2.22. The quantitative estimate of drug-likeness (QED) is 0.831. The molecule has 2 atom stereocenters. The van der Waals surface area contributed by atoms with Crippen molar-refractivity contribution >= 4 is 23.2 Å². The van der Waals surface area contributed by atoms with Gasteiger partial charge in [0.1, 0.15) is 5.71 Å². The number of likely N-dealkylation sites (tertiary alicyclic amines) is 1. The number of nitrogens with one attached hydrogen (secondary N) is 1. The van der Waals surface area contributed by atoms with Crippen LogP contribution in [0.5, 0.6) is 0 Å². The van der Waals surface area contributed by atoms with Crippen LogP contribution in [0, 0.1) is 5.92 Å². The van der Waals surface area contributed by atoms with E-state index in [4.69, 9.17) is 5.10 Å². The van der Waals surface area contributed by atoms with Gasteiger partial charge in [0.25, 0.3) is 5.91 Å². The minimum absolute atomic E-state index is 0.0171. The first-order chi connectivity index (χ1) is 14.7. The van der Waals surface area contributed by atoms with E-state index in [-0.39, 0.29) is 23.8 Å². The van der Waals surface area contributed by atoms with Crippen LogP contribution >= 0.6 is 0 Å². The fourth-order valence-corrected chi connectivity index (χ4v) is 4.27. The molecule has 6 heteroatoms. The van der Waals surface area contributed by atoms with E-state index in [1.54, 1.807) is 4.90 Å². The van der Waals surface area contributed by atoms with Crippen LogP contribution in [0.15, 0.2) is 65.8 Å². The number of carbonyl (C=O) groups excluding carboxylic acids is 2. The summed E-state index contributed by atoms with van der Waals surface area (Å²) in [7, 11) is 0. The van der Waals surface area contributed by atoms with E-state index in [0.717, 1.165) is 24.1 Å². The Morgan fingerprint density at radius 2 is 1.77 bits per heavy atom. The molecule has 0 bridgehead atoms. The lowest BCUT2D eigenvalue weighted by Gasteiger charge is -2.31. The van der Waals surface area contributed by atoms with E-state index >= 15 is 0 Å². The summed E-state index contributed by atoms with van der Waals surface area (Å²) in [6, 6.07) is 20.1. The molecule has 2 aromatic rings. The van der Waals surface area contributed by atoms with Crippen LogP contribution in [0.4, 0.5) is 5.69 Å². The molecule has 4 rings (SSSR count). The number of hydrazone groups is 1. The largest absolute Gasteiger partial charge is 0.356 e. The molecule has 0 radical (unpaired) electrons. The molecule has 6 nitrogen and oxygen atoms in total. The van der Waals surface area contributed by atoms with Gasteiger partial charge >= 0.3 is 0 Å². The maximum absolute atomic E-state index is 13.3. The Morgan fingerprint density at radius 1 is 1.07 bits per heavy atom. The molecule has 156 valence electrons. The van der Waals surface area contributed by atoms with Crippen molar-refractivity contribution in [2.45, 2.75) is 32.2 Å². The van der Waals surface area contributed by atoms with Crippen LogP contribution in [0.2, 0.25) is 0 Å². The van der Waals surface area contributed by atoms with Crippen molar-refractivity contribution in [1.29, 1.82) is 0 Å². The molecular weight excluding hydrogens is 376 g/mol. The van der Waals surface area contributed by atoms with Gasteiger partial charge in [-0.3, -0.25) is 14.6 Å². The number of piperidine rings is 1. The molecule has 0 spiro atoms. The van der Waals surface area contributed by atoms with Crippen molar-refractivity contribution in [1.82, 2.24) is 10.2 Å². The molecule has 1 saturated heterocycles. The lowest BCUT2D eigenvalue weighted by molar-refractivity contribution is -0.131. The van der Waals surface area contributed by atoms with Crippen molar-refractivity contribution < 1.29 is 9.59 Å². The molecule has 0 aromatic heterocycles. The Hall–Kier alpha value is -3.15. The fourth-order valence-electron chi connectivity index (χ4n) is 4.27. The first-order valence-electron chi connectivity index (χ1n) is 10.7. The van der Waals surface area contributed by atoms with Crippen LogP contribution in [0.3, 0.4) is 0 Å². The van der Waals surface area contributed by atoms with Gasteiger partial charge in [0.2, 0.25) is 5.91 Å². The van der Waals surface area contributed by atoms with Crippen molar-refractivity contribution in [2.75, 3.05) is 24.6 Å². The Balaban J connectivity index is 1.56. The zero-order valence-corrected chi connectivity index (χ0v) is 17.3. The predicted octanol–water partition coefficient (Wildman–Crippen LogP) is 3.37. The number of benzene rings is 2. The number of para-hydroxylation sites is 1. The zero-order chi connectivity index (χ0) is 20.9. The molecule has 2 aliphatic heterocycles. The smallest absolute Gasteiger partial charge is 0.270 e. The predicted molar refractivity (Wildman–Crippen MR) is 118 cm³/mol. The number of hydrogen-bond acceptors (Lipinski definition) is 4. The molecule has 2 heterocycles. The standard InChI is InChI=1S/C24H28N4O2/c1-2-25-23(29)19-12-9-15-27(17-19)24(30)21-16-22(18-10-5-3-6-11-18)28(26-21)20-13-7-4-8-14-20/h3-8,10-11,13-14,19,22H,2,9,12,15-17H2,1H3,(H,25,29). The van der Waals surface area contributed by atoms with Crippen LogP contribution in [0.1, 0.15) is 37.8 Å². The van der Waals surface area contributed by atoms with Crippen molar-refractivity contribution in [2.24, 2.45) is 11.0 Å². The maximum Gasteiger partial charge on any atom is 0.270 e. The lowest BCUT2D eigenvalue weighted by atomic mass is 9.96. The Labute approximate surface area is 177 Å². The second-order valence-electron chi connectivity index (χ2n) is 7.84. The Morgan fingerprint density at radius 3 is 2.47 bits per heavy atom. The molecule has 0 saturated carbocycles. The number of anilines is 1. The number of nitrogens with zero attached hydrogens (tertiary/aromatic N) is 3. The van der Waals surface area contributed by atoms with Gasteiger partial charge in [0.15, 0.2) is 0 Å². The lowest BCUT2D eigenvalue weighted by Crippen LogP contribution is -2.47. The second kappa shape index (κ2) is 9.11. The molecule has 1 N–H and O–H groups in total. The summed E-state index contributed by atoms with van der Waals surface area (Å²) in [6.45, 7) is 3.67. The fraction of sp³-hybridized carbons (Fsp3) is 0.375. The first-order valence-corrected chi connectivity index (χ1v) is 10.7. The first kappa shape index (κ1) is 20.1. The summed E-state index contributed by atoms with van der Waals surface area (Å²) in [4.78, 5) is 27.4. The second-order valence-corrected chi connectivity index (χ2v) is 7.84. The van der Waals surface area contributed by atoms with Crippen molar-refractivity contribution in [3.8, 4) is 0 Å². The number of hydrogen-bond donors (Lipinski definition) is 1. The van der Waals surface area contributed by atoms with Crippen molar-refractivity contribution in [3.05, 3.63) is 66.2 Å². The van der Waals surface area contributed by atoms with Gasteiger partial charge in [-0.15, -0.1) is 0 Å². The van der Waals surface area contributed by atoms with E-state index < -0.39 is 0 Å². The molecule has 30 heavy (non-hydrogen) atoms. The number of amides is 2. The minimum Gasteiger partial charge on any atom is -0.356 e. The normalized spacial score (nSPS) is 21.3. The van der Waals surface area contributed by atoms with E-state index in [9.17, 15) is 9.59 Å². The SMILES string of the molecule is CCNC(=O)C1CCCN(C(=O)C2=NN(c3ccccc3)C(c3ccccc3)C2)C1.